The van der Waals surface area contributed by atoms with Gasteiger partial charge in [0.25, 0.3) is 5.89 Å². The third-order valence-corrected chi connectivity index (χ3v) is 3.55. The van der Waals surface area contributed by atoms with E-state index in [1.807, 2.05) is 16.8 Å². The molecule has 3 rings (SSSR count). The summed E-state index contributed by atoms with van der Waals surface area (Å²) in [6.45, 7) is 1.72. The molecule has 0 N–H and O–H groups in total. The molecule has 6 heteroatoms. The maximum atomic E-state index is 11.2. The van der Waals surface area contributed by atoms with Crippen LogP contribution in [0.15, 0.2) is 45.6 Å². The molecule has 0 atom stereocenters. The molecular formula is C15H12N2O3S. The Balaban J connectivity index is 1.64. The standard InChI is InChI=1S/C15H12N2O3S/c1-10(18)11-2-4-13(5-3-11)19-8-14-16-15(17-20-14)12-6-7-21-9-12/h2-7,9H,8H2,1H3. The Kier molecular flexibility index (Phi) is 3.79. The van der Waals surface area contributed by atoms with E-state index in [1.165, 1.54) is 6.92 Å². The summed E-state index contributed by atoms with van der Waals surface area (Å²) in [7, 11) is 0. The van der Waals surface area contributed by atoms with Gasteiger partial charge in [0.05, 0.1) is 0 Å². The number of ketones is 1. The van der Waals surface area contributed by atoms with Crippen molar-refractivity contribution in [2.24, 2.45) is 0 Å². The molecule has 0 fully saturated rings. The number of hydrogen-bond donors (Lipinski definition) is 0. The highest BCUT2D eigenvalue weighted by atomic mass is 32.1. The molecule has 106 valence electrons. The molecule has 0 amide bonds. The molecule has 0 radical (unpaired) electrons. The third kappa shape index (κ3) is 3.17. The molecule has 0 saturated carbocycles. The number of hydrogen-bond acceptors (Lipinski definition) is 6. The van der Waals surface area contributed by atoms with E-state index in [1.54, 1.807) is 35.6 Å². The topological polar surface area (TPSA) is 65.2 Å². The number of carbonyl (C=O) groups is 1. The Morgan fingerprint density at radius 1 is 1.29 bits per heavy atom. The van der Waals surface area contributed by atoms with Gasteiger partial charge in [-0.1, -0.05) is 5.16 Å². The van der Waals surface area contributed by atoms with Crippen LogP contribution in [0.2, 0.25) is 0 Å². The Morgan fingerprint density at radius 3 is 2.76 bits per heavy atom. The monoisotopic (exact) mass is 300 g/mol. The second-order valence-corrected chi connectivity index (χ2v) is 5.17. The first-order chi connectivity index (χ1) is 10.2. The fourth-order valence-corrected chi connectivity index (χ4v) is 2.39. The Hall–Kier alpha value is -2.47. The van der Waals surface area contributed by atoms with Crippen LogP contribution in [0.25, 0.3) is 11.4 Å². The van der Waals surface area contributed by atoms with E-state index in [2.05, 4.69) is 10.1 Å². The van der Waals surface area contributed by atoms with Gasteiger partial charge in [0.1, 0.15) is 5.75 Å². The first-order valence-electron chi connectivity index (χ1n) is 6.31. The van der Waals surface area contributed by atoms with Crippen molar-refractivity contribution in [3.8, 4) is 17.1 Å². The molecule has 0 bridgehead atoms. The lowest BCUT2D eigenvalue weighted by Crippen LogP contribution is -1.97. The lowest BCUT2D eigenvalue weighted by molar-refractivity contribution is 0.101. The van der Waals surface area contributed by atoms with Crippen LogP contribution in [0.1, 0.15) is 23.2 Å². The van der Waals surface area contributed by atoms with Gasteiger partial charge in [-0.3, -0.25) is 4.79 Å². The first-order valence-corrected chi connectivity index (χ1v) is 7.25. The lowest BCUT2D eigenvalue weighted by atomic mass is 10.1. The van der Waals surface area contributed by atoms with Crippen LogP contribution in [-0.4, -0.2) is 15.9 Å². The van der Waals surface area contributed by atoms with Gasteiger partial charge in [0.2, 0.25) is 5.82 Å². The molecule has 0 saturated heterocycles. The van der Waals surface area contributed by atoms with E-state index in [-0.39, 0.29) is 12.4 Å². The summed E-state index contributed by atoms with van der Waals surface area (Å²) in [5.74, 6) is 1.64. The molecule has 0 aliphatic rings. The Bertz CT molecular complexity index is 733. The molecule has 3 aromatic rings. The van der Waals surface area contributed by atoms with Crippen molar-refractivity contribution in [3.63, 3.8) is 0 Å². The molecule has 0 aliphatic carbocycles. The van der Waals surface area contributed by atoms with Gasteiger partial charge >= 0.3 is 0 Å². The van der Waals surface area contributed by atoms with Gasteiger partial charge in [-0.25, -0.2) is 0 Å². The van der Waals surface area contributed by atoms with Gasteiger partial charge in [-0.2, -0.15) is 16.3 Å². The zero-order chi connectivity index (χ0) is 14.7. The number of Topliss-reactive ketones (excluding diaryl/α,β-unsaturated/α-hetero) is 1. The maximum absolute atomic E-state index is 11.2. The predicted molar refractivity (Wildman–Crippen MR) is 78.4 cm³/mol. The van der Waals surface area contributed by atoms with Crippen LogP contribution in [-0.2, 0) is 6.61 Å². The van der Waals surface area contributed by atoms with Gasteiger partial charge in [0, 0.05) is 16.5 Å². The van der Waals surface area contributed by atoms with Gasteiger partial charge in [0.15, 0.2) is 12.4 Å². The Morgan fingerprint density at radius 2 is 2.10 bits per heavy atom. The summed E-state index contributed by atoms with van der Waals surface area (Å²) in [5.41, 5.74) is 1.58. The molecule has 0 aliphatic heterocycles. The van der Waals surface area contributed by atoms with E-state index in [0.29, 0.717) is 23.0 Å². The highest BCUT2D eigenvalue weighted by Crippen LogP contribution is 2.19. The van der Waals surface area contributed by atoms with E-state index in [9.17, 15) is 4.79 Å². The van der Waals surface area contributed by atoms with Crippen molar-refractivity contribution < 1.29 is 14.1 Å². The quantitative estimate of drug-likeness (QED) is 0.674. The number of benzene rings is 1. The largest absolute Gasteiger partial charge is 0.484 e. The number of nitrogens with zero attached hydrogens (tertiary/aromatic N) is 2. The van der Waals surface area contributed by atoms with Gasteiger partial charge in [-0.15, -0.1) is 0 Å². The Labute approximate surface area is 125 Å². The lowest BCUT2D eigenvalue weighted by Gasteiger charge is -2.03. The van der Waals surface area contributed by atoms with Crippen LogP contribution in [0, 0.1) is 0 Å². The van der Waals surface area contributed by atoms with Crippen LogP contribution in [0.3, 0.4) is 0 Å². The minimum absolute atomic E-state index is 0.0267. The van der Waals surface area contributed by atoms with E-state index in [4.69, 9.17) is 9.26 Å². The van der Waals surface area contributed by atoms with Crippen molar-refractivity contribution in [1.29, 1.82) is 0 Å². The summed E-state index contributed by atoms with van der Waals surface area (Å²) in [5, 5.41) is 7.82. The van der Waals surface area contributed by atoms with E-state index in [0.717, 1.165) is 5.56 Å². The molecule has 21 heavy (non-hydrogen) atoms. The van der Waals surface area contributed by atoms with Crippen LogP contribution in [0.4, 0.5) is 0 Å². The van der Waals surface area contributed by atoms with Crippen molar-refractivity contribution in [2.45, 2.75) is 13.5 Å². The van der Waals surface area contributed by atoms with Crippen molar-refractivity contribution in [2.75, 3.05) is 0 Å². The third-order valence-electron chi connectivity index (χ3n) is 2.87. The normalized spacial score (nSPS) is 10.5. The molecular weight excluding hydrogens is 288 g/mol. The molecule has 0 unspecified atom stereocenters. The summed E-state index contributed by atoms with van der Waals surface area (Å²) in [6, 6.07) is 8.87. The molecule has 5 nitrogen and oxygen atoms in total. The molecule has 1 aromatic carbocycles. The highest BCUT2D eigenvalue weighted by Gasteiger charge is 2.09. The minimum Gasteiger partial charge on any atom is -0.484 e. The summed E-state index contributed by atoms with van der Waals surface area (Å²) < 4.78 is 10.7. The zero-order valence-electron chi connectivity index (χ0n) is 11.3. The minimum atomic E-state index is 0.0267. The summed E-state index contributed by atoms with van der Waals surface area (Å²) >= 11 is 1.58. The van der Waals surface area contributed by atoms with E-state index >= 15 is 0 Å². The number of ether oxygens (including phenoxy) is 1. The fourth-order valence-electron chi connectivity index (χ4n) is 1.75. The maximum Gasteiger partial charge on any atom is 0.264 e. The summed E-state index contributed by atoms with van der Waals surface area (Å²) in [4.78, 5) is 15.4. The molecule has 2 aromatic heterocycles. The second-order valence-electron chi connectivity index (χ2n) is 4.39. The van der Waals surface area contributed by atoms with E-state index < -0.39 is 0 Å². The van der Waals surface area contributed by atoms with Crippen molar-refractivity contribution >= 4 is 17.1 Å². The first kappa shape index (κ1) is 13.5. The van der Waals surface area contributed by atoms with Gasteiger partial charge in [-0.05, 0) is 42.6 Å². The summed E-state index contributed by atoms with van der Waals surface area (Å²) in [6.07, 6.45) is 0. The predicted octanol–water partition coefficient (Wildman–Crippen LogP) is 3.58. The van der Waals surface area contributed by atoms with Crippen molar-refractivity contribution in [1.82, 2.24) is 10.1 Å². The van der Waals surface area contributed by atoms with Crippen LogP contribution in [0.5, 0.6) is 5.75 Å². The number of rotatable bonds is 5. The SMILES string of the molecule is CC(=O)c1ccc(OCc2nc(-c3ccsc3)no2)cc1. The average molecular weight is 300 g/mol. The highest BCUT2D eigenvalue weighted by molar-refractivity contribution is 7.08. The average Bonchev–Trinajstić information content (AvgIpc) is 3.16. The van der Waals surface area contributed by atoms with Gasteiger partial charge < -0.3 is 9.26 Å². The van der Waals surface area contributed by atoms with Crippen molar-refractivity contribution in [3.05, 3.63) is 52.5 Å². The fraction of sp³-hybridized carbons (Fsp3) is 0.133. The zero-order valence-corrected chi connectivity index (χ0v) is 12.1. The number of carbonyl (C=O) groups excluding carboxylic acids is 1. The van der Waals surface area contributed by atoms with Crippen LogP contribution >= 0.6 is 11.3 Å². The smallest absolute Gasteiger partial charge is 0.264 e. The molecule has 0 spiro atoms. The number of aromatic nitrogens is 2. The molecule has 2 heterocycles. The number of thiophene rings is 1. The second kappa shape index (κ2) is 5.88. The van der Waals surface area contributed by atoms with Crippen LogP contribution < -0.4 is 4.74 Å².